The van der Waals surface area contributed by atoms with E-state index in [1.54, 1.807) is 19.6 Å². The molecule has 0 rings (SSSR count). The Hall–Kier alpha value is -0.0831. The van der Waals surface area contributed by atoms with Gasteiger partial charge >= 0.3 is 6.18 Å². The SMILES string of the molecule is C[Si](C)(C)C(CC(F)(F)F)S(=N)(=O)O. The van der Waals surface area contributed by atoms with Crippen molar-refractivity contribution in [3.63, 3.8) is 0 Å². The van der Waals surface area contributed by atoms with E-state index in [4.69, 9.17) is 9.33 Å². The standard InChI is InChI=1S/C6H14F3NO2SSi/c1-14(2,3)5(13(10,11)12)4-6(7,8)9/h5H,4H2,1-3H3,(H2,10,11,12). The minimum atomic E-state index is -4.49. The number of nitrogens with one attached hydrogen (secondary N) is 1. The van der Waals surface area contributed by atoms with E-state index in [1.807, 2.05) is 0 Å². The minimum absolute atomic E-state index is 1.35. The molecule has 2 atom stereocenters. The van der Waals surface area contributed by atoms with Crippen LogP contribution in [0.25, 0.3) is 0 Å². The largest absolute Gasteiger partial charge is 0.390 e. The number of hydrogen-bond donors (Lipinski definition) is 2. The smallest absolute Gasteiger partial charge is 0.301 e. The summed E-state index contributed by atoms with van der Waals surface area (Å²) in [4.78, 5) is -1.46. The van der Waals surface area contributed by atoms with E-state index >= 15 is 0 Å². The van der Waals surface area contributed by atoms with Gasteiger partial charge in [-0.15, -0.1) is 0 Å². The highest BCUT2D eigenvalue weighted by molar-refractivity contribution is 7.89. The second kappa shape index (κ2) is 3.82. The van der Waals surface area contributed by atoms with Gasteiger partial charge in [0.15, 0.2) is 10.0 Å². The first-order valence-corrected chi connectivity index (χ1v) is 9.06. The zero-order valence-corrected chi connectivity index (χ0v) is 10.00. The first-order chi connectivity index (χ1) is 5.84. The molecule has 2 N–H and O–H groups in total. The lowest BCUT2D eigenvalue weighted by molar-refractivity contribution is -0.132. The van der Waals surface area contributed by atoms with E-state index in [1.165, 1.54) is 0 Å². The van der Waals surface area contributed by atoms with Gasteiger partial charge in [0.1, 0.15) is 0 Å². The van der Waals surface area contributed by atoms with Crippen LogP contribution in [0.15, 0.2) is 0 Å². The van der Waals surface area contributed by atoms with Crippen molar-refractivity contribution < 1.29 is 21.9 Å². The summed E-state index contributed by atoms with van der Waals surface area (Å²) in [6.45, 7) is 4.65. The molecule has 0 aliphatic heterocycles. The Balaban J connectivity index is 4.98. The zero-order valence-electron chi connectivity index (χ0n) is 8.18. The first kappa shape index (κ1) is 13.9. The summed E-state index contributed by atoms with van der Waals surface area (Å²) >= 11 is 0. The molecule has 0 fully saturated rings. The predicted molar refractivity (Wildman–Crippen MR) is 51.3 cm³/mol. The Kier molecular flexibility index (Phi) is 3.80. The molecular formula is C6H14F3NO2SSi. The van der Waals surface area contributed by atoms with E-state index in [9.17, 15) is 17.4 Å². The molecule has 2 unspecified atom stereocenters. The maximum Gasteiger partial charge on any atom is 0.390 e. The molecule has 0 spiro atoms. The molecule has 0 aliphatic rings. The highest BCUT2D eigenvalue weighted by Crippen LogP contribution is 2.29. The third-order valence-corrected chi connectivity index (χ3v) is 7.92. The van der Waals surface area contributed by atoms with Gasteiger partial charge < -0.3 is 4.55 Å². The molecule has 0 bridgehead atoms. The second-order valence-corrected chi connectivity index (χ2v) is 11.8. The van der Waals surface area contributed by atoms with Crippen LogP contribution in [0.4, 0.5) is 13.2 Å². The molecule has 0 aromatic rings. The van der Waals surface area contributed by atoms with Crippen molar-refractivity contribution in [3.8, 4) is 0 Å². The van der Waals surface area contributed by atoms with Gasteiger partial charge in [-0.1, -0.05) is 19.6 Å². The van der Waals surface area contributed by atoms with Crippen molar-refractivity contribution >= 4 is 18.1 Å². The fourth-order valence-electron chi connectivity index (χ4n) is 1.11. The Morgan fingerprint density at radius 2 is 1.79 bits per heavy atom. The van der Waals surface area contributed by atoms with Crippen LogP contribution in [0.3, 0.4) is 0 Å². The lowest BCUT2D eigenvalue weighted by atomic mass is 10.5. The Morgan fingerprint density at radius 3 is 1.86 bits per heavy atom. The topological polar surface area (TPSA) is 61.2 Å². The monoisotopic (exact) mass is 249 g/mol. The summed E-state index contributed by atoms with van der Waals surface area (Å²) in [6.07, 6.45) is -5.83. The summed E-state index contributed by atoms with van der Waals surface area (Å²) in [5.41, 5.74) is 0. The van der Waals surface area contributed by atoms with E-state index in [2.05, 4.69) is 0 Å². The Morgan fingerprint density at radius 1 is 1.43 bits per heavy atom. The van der Waals surface area contributed by atoms with Crippen LogP contribution in [0.1, 0.15) is 6.42 Å². The van der Waals surface area contributed by atoms with Gasteiger partial charge in [-0.3, -0.25) is 0 Å². The molecule has 0 saturated carbocycles. The van der Waals surface area contributed by atoms with Crippen molar-refractivity contribution in [2.24, 2.45) is 0 Å². The lowest BCUT2D eigenvalue weighted by Gasteiger charge is -2.28. The van der Waals surface area contributed by atoms with Gasteiger partial charge in [-0.05, 0) is 0 Å². The third-order valence-electron chi connectivity index (χ3n) is 1.77. The zero-order chi connectivity index (χ0) is 11.8. The van der Waals surface area contributed by atoms with Crippen molar-refractivity contribution in [1.82, 2.24) is 0 Å². The van der Waals surface area contributed by atoms with Gasteiger partial charge in [-0.2, -0.15) is 13.2 Å². The molecule has 14 heavy (non-hydrogen) atoms. The normalized spacial score (nSPS) is 20.2. The Labute approximate surface area is 82.5 Å². The van der Waals surface area contributed by atoms with Crippen molar-refractivity contribution in [2.45, 2.75) is 37.1 Å². The van der Waals surface area contributed by atoms with E-state index < -0.39 is 35.6 Å². The molecule has 0 heterocycles. The average Bonchev–Trinajstić information content (AvgIpc) is 1.75. The van der Waals surface area contributed by atoms with Crippen LogP contribution in [-0.4, -0.2) is 27.9 Å². The number of hydrogen-bond acceptors (Lipinski definition) is 2. The quantitative estimate of drug-likeness (QED) is 0.755. The van der Waals surface area contributed by atoms with Crippen LogP contribution < -0.4 is 0 Å². The van der Waals surface area contributed by atoms with Gasteiger partial charge in [0.2, 0.25) is 0 Å². The molecular weight excluding hydrogens is 235 g/mol. The maximum atomic E-state index is 12.1. The molecule has 0 saturated heterocycles. The van der Waals surface area contributed by atoms with Gasteiger partial charge in [0.25, 0.3) is 0 Å². The summed E-state index contributed by atoms with van der Waals surface area (Å²) in [5.74, 6) is 0. The molecule has 0 radical (unpaired) electrons. The lowest BCUT2D eigenvalue weighted by Crippen LogP contribution is -2.46. The molecule has 0 aromatic heterocycles. The maximum absolute atomic E-state index is 12.1. The minimum Gasteiger partial charge on any atom is -0.301 e. The summed E-state index contributed by atoms with van der Waals surface area (Å²) in [7, 11) is -6.58. The number of alkyl halides is 3. The Bertz CT molecular complexity index is 293. The summed E-state index contributed by atoms with van der Waals surface area (Å²) < 4.78 is 62.9. The molecule has 0 aliphatic carbocycles. The third kappa shape index (κ3) is 4.96. The molecule has 3 nitrogen and oxygen atoms in total. The average molecular weight is 249 g/mol. The fourth-order valence-corrected chi connectivity index (χ4v) is 6.20. The first-order valence-electron chi connectivity index (χ1n) is 3.91. The van der Waals surface area contributed by atoms with Crippen LogP contribution in [0.5, 0.6) is 0 Å². The summed E-state index contributed by atoms with van der Waals surface area (Å²) in [5, 5.41) is 0. The van der Waals surface area contributed by atoms with E-state index in [-0.39, 0.29) is 0 Å². The van der Waals surface area contributed by atoms with Crippen molar-refractivity contribution in [3.05, 3.63) is 0 Å². The van der Waals surface area contributed by atoms with Crippen LogP contribution in [0.2, 0.25) is 19.6 Å². The van der Waals surface area contributed by atoms with Crippen LogP contribution in [0, 0.1) is 4.78 Å². The van der Waals surface area contributed by atoms with E-state index in [0.29, 0.717) is 0 Å². The number of halogens is 3. The molecule has 0 aromatic carbocycles. The van der Waals surface area contributed by atoms with Crippen molar-refractivity contribution in [1.29, 1.82) is 4.78 Å². The number of rotatable bonds is 3. The van der Waals surface area contributed by atoms with E-state index in [0.717, 1.165) is 0 Å². The van der Waals surface area contributed by atoms with Gasteiger partial charge in [0, 0.05) is 0 Å². The molecule has 0 amide bonds. The summed E-state index contributed by atoms with van der Waals surface area (Å²) in [6, 6.07) is 0. The molecule has 8 heteroatoms. The van der Waals surface area contributed by atoms with Crippen LogP contribution >= 0.6 is 0 Å². The molecule has 86 valence electrons. The second-order valence-electron chi connectivity index (χ2n) is 4.24. The predicted octanol–water partition coefficient (Wildman–Crippen LogP) is 2.70. The highest BCUT2D eigenvalue weighted by Gasteiger charge is 2.43. The fraction of sp³-hybridized carbons (Fsp3) is 1.00. The highest BCUT2D eigenvalue weighted by atomic mass is 32.2. The van der Waals surface area contributed by atoms with Gasteiger partial charge in [0.05, 0.1) is 19.4 Å². The van der Waals surface area contributed by atoms with Crippen molar-refractivity contribution in [2.75, 3.05) is 0 Å². The van der Waals surface area contributed by atoms with Gasteiger partial charge in [-0.25, -0.2) is 8.99 Å². The van der Waals surface area contributed by atoms with Crippen LogP contribution in [-0.2, 0) is 10.0 Å².